The Morgan fingerprint density at radius 2 is 2.31 bits per heavy atom. The lowest BCUT2D eigenvalue weighted by atomic mass is 10.1. The lowest BCUT2D eigenvalue weighted by Crippen LogP contribution is -2.17. The molecule has 1 heterocycles. The fourth-order valence-corrected chi connectivity index (χ4v) is 2.57. The predicted octanol–water partition coefficient (Wildman–Crippen LogP) is 2.53. The van der Waals surface area contributed by atoms with Crippen LogP contribution in [0, 0.1) is 18.3 Å². The maximum Gasteiger partial charge on any atom is 0.164 e. The molecule has 0 atom stereocenters. The number of nitriles is 1. The van der Waals surface area contributed by atoms with E-state index in [1.807, 2.05) is 25.1 Å². The van der Waals surface area contributed by atoms with Crippen molar-refractivity contribution in [2.75, 3.05) is 19.3 Å². The molecule has 1 aliphatic rings. The highest BCUT2D eigenvalue weighted by atomic mass is 32.2. The summed E-state index contributed by atoms with van der Waals surface area (Å²) in [5, 5.41) is 9.84. The zero-order valence-electron chi connectivity index (χ0n) is 9.40. The van der Waals surface area contributed by atoms with Gasteiger partial charge in [-0.1, -0.05) is 11.8 Å². The zero-order chi connectivity index (χ0) is 11.5. The van der Waals surface area contributed by atoms with Gasteiger partial charge in [-0.25, -0.2) is 4.99 Å². The van der Waals surface area contributed by atoms with Crippen LogP contribution in [0.3, 0.4) is 0 Å². The number of aryl methyl sites for hydroxylation is 1. The van der Waals surface area contributed by atoms with Crippen LogP contribution in [0.2, 0.25) is 0 Å². The number of rotatable bonds is 1. The van der Waals surface area contributed by atoms with Crippen molar-refractivity contribution in [1.29, 1.82) is 5.26 Å². The van der Waals surface area contributed by atoms with Crippen molar-refractivity contribution in [3.8, 4) is 6.07 Å². The molecule has 82 valence electrons. The van der Waals surface area contributed by atoms with E-state index in [2.05, 4.69) is 23.0 Å². The van der Waals surface area contributed by atoms with Crippen molar-refractivity contribution >= 4 is 22.6 Å². The lowest BCUT2D eigenvalue weighted by molar-refractivity contribution is 0.563. The summed E-state index contributed by atoms with van der Waals surface area (Å²) in [6.07, 6.45) is 0. The summed E-state index contributed by atoms with van der Waals surface area (Å²) >= 11 is 1.77. The molecule has 1 aromatic rings. The fraction of sp³-hybridized carbons (Fsp3) is 0.333. The second kappa shape index (κ2) is 4.58. The van der Waals surface area contributed by atoms with E-state index >= 15 is 0 Å². The third kappa shape index (κ3) is 2.20. The van der Waals surface area contributed by atoms with E-state index in [-0.39, 0.29) is 0 Å². The minimum atomic E-state index is 0.689. The number of aliphatic imine (C=N–C) groups is 1. The molecule has 1 fully saturated rings. The minimum absolute atomic E-state index is 0.689. The molecule has 4 heteroatoms. The summed E-state index contributed by atoms with van der Waals surface area (Å²) in [7, 11) is 2.05. The van der Waals surface area contributed by atoms with Crippen LogP contribution in [-0.2, 0) is 0 Å². The topological polar surface area (TPSA) is 39.4 Å². The van der Waals surface area contributed by atoms with Gasteiger partial charge in [0.1, 0.15) is 0 Å². The molecular formula is C12H13N3S. The van der Waals surface area contributed by atoms with Gasteiger partial charge in [0.25, 0.3) is 0 Å². The normalized spacial score (nSPS) is 17.8. The molecule has 0 aromatic heterocycles. The van der Waals surface area contributed by atoms with Crippen LogP contribution in [-0.4, -0.2) is 29.4 Å². The summed E-state index contributed by atoms with van der Waals surface area (Å²) in [4.78, 5) is 6.77. The Kier molecular flexibility index (Phi) is 3.16. The van der Waals surface area contributed by atoms with Gasteiger partial charge in [0.05, 0.1) is 17.3 Å². The molecule has 0 amide bonds. The first-order valence-corrected chi connectivity index (χ1v) is 6.12. The van der Waals surface area contributed by atoms with Crippen molar-refractivity contribution in [2.45, 2.75) is 6.92 Å². The molecule has 1 saturated heterocycles. The smallest absolute Gasteiger partial charge is 0.164 e. The third-order valence-electron chi connectivity index (χ3n) is 2.53. The van der Waals surface area contributed by atoms with Crippen LogP contribution >= 0.6 is 11.8 Å². The van der Waals surface area contributed by atoms with Gasteiger partial charge in [-0.15, -0.1) is 0 Å². The molecule has 0 bridgehead atoms. The molecule has 3 nitrogen and oxygen atoms in total. The quantitative estimate of drug-likeness (QED) is 0.745. The fourth-order valence-electron chi connectivity index (χ4n) is 1.55. The van der Waals surface area contributed by atoms with Crippen molar-refractivity contribution in [3.05, 3.63) is 29.3 Å². The Morgan fingerprint density at radius 1 is 1.50 bits per heavy atom. The standard InChI is InChI=1S/C12H13N3S/c1-9-7-10(8-13)3-4-11(9)14-12-15(2)5-6-16-12/h3-4,7H,5-6H2,1-2H3. The highest BCUT2D eigenvalue weighted by Gasteiger charge is 2.15. The number of nitrogens with zero attached hydrogens (tertiary/aromatic N) is 3. The van der Waals surface area contributed by atoms with Crippen molar-refractivity contribution in [2.24, 2.45) is 4.99 Å². The number of amidine groups is 1. The Morgan fingerprint density at radius 3 is 2.88 bits per heavy atom. The molecular weight excluding hydrogens is 218 g/mol. The van der Waals surface area contributed by atoms with Crippen molar-refractivity contribution in [3.63, 3.8) is 0 Å². The van der Waals surface area contributed by atoms with Crippen LogP contribution in [0.5, 0.6) is 0 Å². The number of hydrogen-bond acceptors (Lipinski definition) is 3. The predicted molar refractivity (Wildman–Crippen MR) is 68.1 cm³/mol. The minimum Gasteiger partial charge on any atom is -0.353 e. The van der Waals surface area contributed by atoms with Gasteiger partial charge in [-0.3, -0.25) is 0 Å². The van der Waals surface area contributed by atoms with E-state index in [1.54, 1.807) is 11.8 Å². The van der Waals surface area contributed by atoms with Crippen LogP contribution in [0.4, 0.5) is 5.69 Å². The van der Waals surface area contributed by atoms with Crippen LogP contribution < -0.4 is 0 Å². The van der Waals surface area contributed by atoms with E-state index in [9.17, 15) is 0 Å². The second-order valence-corrected chi connectivity index (χ2v) is 4.84. The lowest BCUT2D eigenvalue weighted by Gasteiger charge is -2.10. The third-order valence-corrected chi connectivity index (χ3v) is 3.57. The maximum absolute atomic E-state index is 8.78. The molecule has 16 heavy (non-hydrogen) atoms. The molecule has 0 aliphatic carbocycles. The van der Waals surface area contributed by atoms with E-state index in [1.165, 1.54) is 0 Å². The Balaban J connectivity index is 2.32. The summed E-state index contributed by atoms with van der Waals surface area (Å²) in [5.74, 6) is 1.10. The van der Waals surface area contributed by atoms with Crippen molar-refractivity contribution in [1.82, 2.24) is 4.90 Å². The zero-order valence-corrected chi connectivity index (χ0v) is 10.2. The monoisotopic (exact) mass is 231 g/mol. The first-order chi connectivity index (χ1) is 7.70. The van der Waals surface area contributed by atoms with Gasteiger partial charge < -0.3 is 4.90 Å². The summed E-state index contributed by atoms with van der Waals surface area (Å²) in [6, 6.07) is 7.73. The Bertz CT molecular complexity index is 474. The van der Waals surface area contributed by atoms with Crippen LogP contribution in [0.1, 0.15) is 11.1 Å². The maximum atomic E-state index is 8.78. The largest absolute Gasteiger partial charge is 0.353 e. The van der Waals surface area contributed by atoms with Crippen LogP contribution in [0.25, 0.3) is 0 Å². The average molecular weight is 231 g/mol. The number of hydrogen-bond donors (Lipinski definition) is 0. The molecule has 1 aromatic carbocycles. The van der Waals surface area contributed by atoms with Gasteiger partial charge in [-0.2, -0.15) is 5.26 Å². The van der Waals surface area contributed by atoms with Gasteiger partial charge in [0.2, 0.25) is 0 Å². The SMILES string of the molecule is Cc1cc(C#N)ccc1N=C1SCCN1C. The number of thioether (sulfide) groups is 1. The Labute approximate surface area is 99.8 Å². The van der Waals surface area contributed by atoms with Gasteiger partial charge >= 0.3 is 0 Å². The van der Waals surface area contributed by atoms with E-state index in [4.69, 9.17) is 5.26 Å². The molecule has 1 aliphatic heterocycles. The van der Waals surface area contributed by atoms with Gasteiger partial charge in [0.15, 0.2) is 5.17 Å². The van der Waals surface area contributed by atoms with Crippen molar-refractivity contribution < 1.29 is 0 Å². The second-order valence-electron chi connectivity index (χ2n) is 3.78. The highest BCUT2D eigenvalue weighted by molar-refractivity contribution is 8.14. The van der Waals surface area contributed by atoms with E-state index in [0.29, 0.717) is 5.56 Å². The molecule has 0 spiro atoms. The first-order valence-electron chi connectivity index (χ1n) is 5.14. The molecule has 0 unspecified atom stereocenters. The van der Waals surface area contributed by atoms with Crippen LogP contribution in [0.15, 0.2) is 23.2 Å². The Hall–Kier alpha value is -1.47. The average Bonchev–Trinajstić information content (AvgIpc) is 2.67. The number of benzene rings is 1. The first kappa shape index (κ1) is 11.0. The summed E-state index contributed by atoms with van der Waals surface area (Å²) < 4.78 is 0. The highest BCUT2D eigenvalue weighted by Crippen LogP contribution is 2.24. The molecule has 0 radical (unpaired) electrons. The molecule has 0 N–H and O–H groups in total. The van der Waals surface area contributed by atoms with Gasteiger partial charge in [0, 0.05) is 19.3 Å². The molecule has 0 saturated carbocycles. The van der Waals surface area contributed by atoms with E-state index < -0.39 is 0 Å². The summed E-state index contributed by atoms with van der Waals surface area (Å²) in [6.45, 7) is 3.04. The van der Waals surface area contributed by atoms with E-state index in [0.717, 1.165) is 28.7 Å². The summed E-state index contributed by atoms with van der Waals surface area (Å²) in [5.41, 5.74) is 2.69. The molecule has 2 rings (SSSR count). The van der Waals surface area contributed by atoms with Gasteiger partial charge in [-0.05, 0) is 30.7 Å².